The van der Waals surface area contributed by atoms with Crippen molar-refractivity contribution >= 4 is 17.6 Å². The van der Waals surface area contributed by atoms with Crippen LogP contribution in [0.3, 0.4) is 0 Å². The number of benzene rings is 1. The molecule has 1 amide bonds. The Hall–Kier alpha value is -3.23. The molecule has 2 aromatic rings. The van der Waals surface area contributed by atoms with Gasteiger partial charge in [0.1, 0.15) is 11.2 Å². The van der Waals surface area contributed by atoms with Gasteiger partial charge in [-0.1, -0.05) is 37.8 Å². The molecule has 0 aliphatic heterocycles. The number of nitrogens with one attached hydrogen (secondary N) is 1. The molecule has 142 valence electrons. The zero-order valence-electron chi connectivity index (χ0n) is 14.6. The van der Waals surface area contributed by atoms with Crippen molar-refractivity contribution in [2.45, 2.75) is 44.1 Å². The van der Waals surface area contributed by atoms with Crippen molar-refractivity contribution < 1.29 is 19.6 Å². The van der Waals surface area contributed by atoms with Gasteiger partial charge in [0, 0.05) is 12.3 Å². The maximum atomic E-state index is 12.6. The third-order valence-corrected chi connectivity index (χ3v) is 4.87. The van der Waals surface area contributed by atoms with E-state index in [9.17, 15) is 24.8 Å². The van der Waals surface area contributed by atoms with E-state index in [2.05, 4.69) is 10.4 Å². The van der Waals surface area contributed by atoms with Gasteiger partial charge in [0.05, 0.1) is 4.92 Å². The largest absolute Gasteiger partial charge is 0.480 e. The molecule has 1 heterocycles. The van der Waals surface area contributed by atoms with Crippen LogP contribution in [0.4, 0.5) is 5.69 Å². The van der Waals surface area contributed by atoms with Gasteiger partial charge in [-0.25, -0.2) is 9.48 Å². The minimum Gasteiger partial charge on any atom is -0.480 e. The van der Waals surface area contributed by atoms with Gasteiger partial charge in [0.25, 0.3) is 11.6 Å². The number of nitro benzene ring substituents is 1. The number of carboxylic acids is 1. The topological polar surface area (TPSA) is 127 Å². The lowest BCUT2D eigenvalue weighted by Crippen LogP contribution is -2.54. The molecule has 1 aliphatic carbocycles. The second kappa shape index (κ2) is 7.56. The van der Waals surface area contributed by atoms with Crippen LogP contribution in [0.15, 0.2) is 36.5 Å². The Morgan fingerprint density at radius 2 is 1.81 bits per heavy atom. The van der Waals surface area contributed by atoms with Gasteiger partial charge in [0.15, 0.2) is 5.69 Å². The summed E-state index contributed by atoms with van der Waals surface area (Å²) in [5, 5.41) is 27.6. The highest BCUT2D eigenvalue weighted by atomic mass is 16.6. The van der Waals surface area contributed by atoms with Crippen molar-refractivity contribution in [3.63, 3.8) is 0 Å². The zero-order chi connectivity index (χ0) is 19.4. The molecule has 0 saturated heterocycles. The monoisotopic (exact) mass is 372 g/mol. The van der Waals surface area contributed by atoms with E-state index >= 15 is 0 Å². The SMILES string of the molecule is O=C(NC1(C(=O)O)CCCCCC1)c1ccn(-c2ccccc2[N+](=O)[O-])n1. The molecule has 0 atom stereocenters. The van der Waals surface area contributed by atoms with Crippen LogP contribution in [0.2, 0.25) is 0 Å². The zero-order valence-corrected chi connectivity index (χ0v) is 14.6. The molecule has 0 spiro atoms. The highest BCUT2D eigenvalue weighted by Crippen LogP contribution is 2.28. The molecule has 2 N–H and O–H groups in total. The van der Waals surface area contributed by atoms with Gasteiger partial charge in [0.2, 0.25) is 0 Å². The standard InChI is InChI=1S/C18H20N4O5/c23-16(19-18(17(24)25)10-5-1-2-6-11-18)13-9-12-21(20-13)14-7-3-4-8-15(14)22(26)27/h3-4,7-9,12H,1-2,5-6,10-11H2,(H,19,23)(H,24,25). The van der Waals surface area contributed by atoms with Gasteiger partial charge in [-0.2, -0.15) is 5.10 Å². The first-order valence-corrected chi connectivity index (χ1v) is 8.78. The van der Waals surface area contributed by atoms with E-state index in [0.717, 1.165) is 25.7 Å². The van der Waals surface area contributed by atoms with Crippen molar-refractivity contribution in [2.24, 2.45) is 0 Å². The van der Waals surface area contributed by atoms with Crippen LogP contribution in [0, 0.1) is 10.1 Å². The minimum absolute atomic E-state index is 0.0121. The molecule has 1 saturated carbocycles. The first kappa shape index (κ1) is 18.6. The van der Waals surface area contributed by atoms with E-state index < -0.39 is 22.3 Å². The fourth-order valence-corrected chi connectivity index (χ4v) is 3.40. The number of amides is 1. The molecular formula is C18H20N4O5. The van der Waals surface area contributed by atoms with E-state index in [1.807, 2.05) is 0 Å². The van der Waals surface area contributed by atoms with E-state index in [-0.39, 0.29) is 17.1 Å². The maximum absolute atomic E-state index is 12.6. The van der Waals surface area contributed by atoms with Crippen LogP contribution in [-0.2, 0) is 4.79 Å². The van der Waals surface area contributed by atoms with Gasteiger partial charge in [-0.3, -0.25) is 14.9 Å². The van der Waals surface area contributed by atoms with Crippen molar-refractivity contribution in [3.8, 4) is 5.69 Å². The second-order valence-electron chi connectivity index (χ2n) is 6.65. The molecule has 27 heavy (non-hydrogen) atoms. The molecule has 0 unspecified atom stereocenters. The fourth-order valence-electron chi connectivity index (χ4n) is 3.40. The Bertz CT molecular complexity index is 868. The number of aliphatic carboxylic acids is 1. The Labute approximate surface area is 155 Å². The number of carbonyl (C=O) groups is 2. The van der Waals surface area contributed by atoms with E-state index in [0.29, 0.717) is 12.8 Å². The lowest BCUT2D eigenvalue weighted by atomic mass is 9.90. The molecule has 9 nitrogen and oxygen atoms in total. The molecule has 1 aromatic heterocycles. The number of hydrogen-bond acceptors (Lipinski definition) is 5. The predicted molar refractivity (Wildman–Crippen MR) is 95.8 cm³/mol. The summed E-state index contributed by atoms with van der Waals surface area (Å²) < 4.78 is 1.24. The maximum Gasteiger partial charge on any atom is 0.329 e. The summed E-state index contributed by atoms with van der Waals surface area (Å²) in [6.07, 6.45) is 5.54. The number of nitro groups is 1. The summed E-state index contributed by atoms with van der Waals surface area (Å²) in [6, 6.07) is 7.47. The second-order valence-corrected chi connectivity index (χ2v) is 6.65. The number of hydrogen-bond donors (Lipinski definition) is 2. The summed E-state index contributed by atoms with van der Waals surface area (Å²) in [5.41, 5.74) is -1.20. The van der Waals surface area contributed by atoms with Crippen molar-refractivity contribution in [2.75, 3.05) is 0 Å². The van der Waals surface area contributed by atoms with Crippen molar-refractivity contribution in [1.29, 1.82) is 0 Å². The Morgan fingerprint density at radius 3 is 2.44 bits per heavy atom. The van der Waals surface area contributed by atoms with Crippen molar-refractivity contribution in [1.82, 2.24) is 15.1 Å². The van der Waals surface area contributed by atoms with E-state index in [4.69, 9.17) is 0 Å². The van der Waals surface area contributed by atoms with Crippen molar-refractivity contribution in [3.05, 3.63) is 52.3 Å². The minimum atomic E-state index is -1.30. The number of rotatable bonds is 5. The van der Waals surface area contributed by atoms with E-state index in [1.54, 1.807) is 12.1 Å². The lowest BCUT2D eigenvalue weighted by Gasteiger charge is -2.28. The summed E-state index contributed by atoms with van der Waals surface area (Å²) >= 11 is 0. The normalized spacial score (nSPS) is 16.3. The number of nitrogens with zero attached hydrogens (tertiary/aromatic N) is 3. The highest BCUT2D eigenvalue weighted by Gasteiger charge is 2.40. The van der Waals surface area contributed by atoms with Crippen LogP contribution in [0.5, 0.6) is 0 Å². The van der Waals surface area contributed by atoms with Crippen LogP contribution in [0.1, 0.15) is 49.0 Å². The summed E-state index contributed by atoms with van der Waals surface area (Å²) in [5.74, 6) is -1.65. The Kier molecular flexibility index (Phi) is 5.20. The van der Waals surface area contributed by atoms with E-state index in [1.165, 1.54) is 29.1 Å². The average Bonchev–Trinajstić information content (AvgIpc) is 3.02. The third-order valence-electron chi connectivity index (χ3n) is 4.87. The molecule has 9 heteroatoms. The molecule has 1 fully saturated rings. The molecule has 0 bridgehead atoms. The smallest absolute Gasteiger partial charge is 0.329 e. The summed E-state index contributed by atoms with van der Waals surface area (Å²) in [6.45, 7) is 0. The number of carboxylic acid groups (broad SMARTS) is 1. The van der Waals surface area contributed by atoms with Crippen LogP contribution in [0.25, 0.3) is 5.69 Å². The first-order valence-electron chi connectivity index (χ1n) is 8.78. The van der Waals surface area contributed by atoms with Crippen LogP contribution >= 0.6 is 0 Å². The van der Waals surface area contributed by atoms with Gasteiger partial charge >= 0.3 is 5.97 Å². The molecule has 0 radical (unpaired) electrons. The molecule has 1 aliphatic rings. The lowest BCUT2D eigenvalue weighted by molar-refractivity contribution is -0.384. The number of carbonyl (C=O) groups excluding carboxylic acids is 1. The summed E-state index contributed by atoms with van der Waals surface area (Å²) in [7, 11) is 0. The number of para-hydroxylation sites is 2. The van der Waals surface area contributed by atoms with Crippen LogP contribution in [-0.4, -0.2) is 37.2 Å². The van der Waals surface area contributed by atoms with Gasteiger partial charge in [-0.05, 0) is 25.0 Å². The summed E-state index contributed by atoms with van der Waals surface area (Å²) in [4.78, 5) is 35.1. The number of aromatic nitrogens is 2. The average molecular weight is 372 g/mol. The molecule has 1 aromatic carbocycles. The highest BCUT2D eigenvalue weighted by molar-refractivity contribution is 5.96. The fraction of sp³-hybridized carbons (Fsp3) is 0.389. The van der Waals surface area contributed by atoms with Gasteiger partial charge in [-0.15, -0.1) is 0 Å². The predicted octanol–water partition coefficient (Wildman–Crippen LogP) is 2.69. The van der Waals surface area contributed by atoms with Gasteiger partial charge < -0.3 is 10.4 Å². The Morgan fingerprint density at radius 1 is 1.15 bits per heavy atom. The molecule has 3 rings (SSSR count). The third kappa shape index (κ3) is 3.81. The quantitative estimate of drug-likeness (QED) is 0.472. The van der Waals surface area contributed by atoms with Crippen LogP contribution < -0.4 is 5.32 Å². The first-order chi connectivity index (χ1) is 12.9. The Balaban J connectivity index is 1.85. The molecular weight excluding hydrogens is 352 g/mol.